The monoisotopic (exact) mass is 394 g/mol. The van der Waals surface area contributed by atoms with Crippen molar-refractivity contribution in [3.05, 3.63) is 65.2 Å². The molecule has 1 saturated carbocycles. The number of benzene rings is 1. The number of halogens is 1. The zero-order chi connectivity index (χ0) is 20.4. The number of anilines is 1. The van der Waals surface area contributed by atoms with Gasteiger partial charge in [0.25, 0.3) is 11.8 Å². The number of aryl methyl sites for hydroxylation is 1. The van der Waals surface area contributed by atoms with Gasteiger partial charge in [0.05, 0.1) is 0 Å². The highest BCUT2D eigenvalue weighted by Gasteiger charge is 2.24. The molecule has 3 aromatic rings. The largest absolute Gasteiger partial charge is 0.348 e. The van der Waals surface area contributed by atoms with Crippen molar-refractivity contribution in [3.8, 4) is 0 Å². The van der Waals surface area contributed by atoms with Gasteiger partial charge in [0.15, 0.2) is 11.5 Å². The Morgan fingerprint density at radius 3 is 2.66 bits per heavy atom. The molecule has 29 heavy (non-hydrogen) atoms. The Balaban J connectivity index is 1.68. The summed E-state index contributed by atoms with van der Waals surface area (Å²) in [6.45, 7) is 1.92. The molecule has 4 rings (SSSR count). The van der Waals surface area contributed by atoms with Gasteiger partial charge in [-0.25, -0.2) is 9.37 Å². The lowest BCUT2D eigenvalue weighted by atomic mass is 9.95. The number of carbonyl (C=O) groups excluding carboxylic acids is 2. The summed E-state index contributed by atoms with van der Waals surface area (Å²) in [4.78, 5) is 30.2. The molecule has 0 spiro atoms. The minimum absolute atomic E-state index is 0.123. The van der Waals surface area contributed by atoms with Gasteiger partial charge in [-0.05, 0) is 49.6 Å². The molecule has 0 saturated heterocycles. The lowest BCUT2D eigenvalue weighted by Crippen LogP contribution is -2.37. The van der Waals surface area contributed by atoms with Crippen molar-refractivity contribution in [2.75, 3.05) is 5.32 Å². The number of hydrogen-bond donors (Lipinski definition) is 2. The topological polar surface area (TPSA) is 75.5 Å². The third-order valence-corrected chi connectivity index (χ3v) is 5.24. The highest BCUT2D eigenvalue weighted by atomic mass is 19.1. The highest BCUT2D eigenvalue weighted by Crippen LogP contribution is 2.22. The minimum Gasteiger partial charge on any atom is -0.348 e. The summed E-state index contributed by atoms with van der Waals surface area (Å²) >= 11 is 0. The number of aromatic nitrogens is 2. The van der Waals surface area contributed by atoms with Gasteiger partial charge in [0.1, 0.15) is 11.5 Å². The predicted octanol–water partition coefficient (Wildman–Crippen LogP) is 4.10. The van der Waals surface area contributed by atoms with Crippen LogP contribution in [0, 0.1) is 12.7 Å². The van der Waals surface area contributed by atoms with Crippen molar-refractivity contribution in [3.63, 3.8) is 0 Å². The average Bonchev–Trinajstić information content (AvgIpc) is 3.05. The van der Waals surface area contributed by atoms with Crippen LogP contribution in [0.15, 0.2) is 42.6 Å². The van der Waals surface area contributed by atoms with Crippen LogP contribution in [-0.2, 0) is 0 Å². The number of nitrogens with one attached hydrogen (secondary N) is 2. The Labute approximate surface area is 168 Å². The third kappa shape index (κ3) is 4.13. The number of carbonyl (C=O) groups is 2. The summed E-state index contributed by atoms with van der Waals surface area (Å²) in [5, 5.41) is 5.77. The van der Waals surface area contributed by atoms with Gasteiger partial charge in [0, 0.05) is 17.8 Å². The average molecular weight is 394 g/mol. The van der Waals surface area contributed by atoms with Crippen LogP contribution in [0.5, 0.6) is 0 Å². The third-order valence-electron chi connectivity index (χ3n) is 5.24. The van der Waals surface area contributed by atoms with Crippen molar-refractivity contribution < 1.29 is 14.0 Å². The van der Waals surface area contributed by atoms with E-state index in [4.69, 9.17) is 0 Å². The first-order valence-electron chi connectivity index (χ1n) is 9.88. The van der Waals surface area contributed by atoms with E-state index in [1.807, 2.05) is 19.2 Å². The molecule has 150 valence electrons. The summed E-state index contributed by atoms with van der Waals surface area (Å²) in [7, 11) is 0. The number of imidazole rings is 1. The van der Waals surface area contributed by atoms with Crippen LogP contribution in [0.3, 0.4) is 0 Å². The smallest absolute Gasteiger partial charge is 0.272 e. The first-order chi connectivity index (χ1) is 14.0. The van der Waals surface area contributed by atoms with Gasteiger partial charge in [-0.15, -0.1) is 0 Å². The first-order valence-corrected chi connectivity index (χ1v) is 9.88. The Kier molecular flexibility index (Phi) is 5.29. The Morgan fingerprint density at radius 1 is 1.10 bits per heavy atom. The van der Waals surface area contributed by atoms with E-state index >= 15 is 0 Å². The molecule has 0 unspecified atom stereocenters. The molecule has 2 N–H and O–H groups in total. The molecule has 6 nitrogen and oxygen atoms in total. The second-order valence-corrected chi connectivity index (χ2v) is 7.52. The van der Waals surface area contributed by atoms with E-state index in [1.54, 1.807) is 10.5 Å². The van der Waals surface area contributed by atoms with Crippen molar-refractivity contribution in [2.24, 2.45) is 0 Å². The summed E-state index contributed by atoms with van der Waals surface area (Å²) in [5.41, 5.74) is 1.96. The van der Waals surface area contributed by atoms with E-state index in [9.17, 15) is 14.0 Å². The van der Waals surface area contributed by atoms with E-state index in [-0.39, 0.29) is 29.0 Å². The molecule has 1 fully saturated rings. The van der Waals surface area contributed by atoms with Crippen LogP contribution in [0.4, 0.5) is 10.2 Å². The SMILES string of the molecule is Cc1ccc2nc(NC(=O)c3cccc(F)c3)c(C(=O)NC3CCCCC3)n2c1. The number of fused-ring (bicyclic) bond motifs is 1. The quantitative estimate of drug-likeness (QED) is 0.700. The van der Waals surface area contributed by atoms with Crippen LogP contribution in [0.1, 0.15) is 58.5 Å². The molecule has 1 aliphatic carbocycles. The maximum atomic E-state index is 13.5. The molecule has 2 heterocycles. The fourth-order valence-electron chi connectivity index (χ4n) is 3.77. The Bertz CT molecular complexity index is 1070. The molecular formula is C22H23FN4O2. The fourth-order valence-corrected chi connectivity index (χ4v) is 3.77. The van der Waals surface area contributed by atoms with Gasteiger partial charge in [-0.3, -0.25) is 14.0 Å². The molecule has 2 aromatic heterocycles. The fraction of sp³-hybridized carbons (Fsp3) is 0.318. The zero-order valence-corrected chi connectivity index (χ0v) is 16.2. The van der Waals surface area contributed by atoms with E-state index < -0.39 is 11.7 Å². The predicted molar refractivity (Wildman–Crippen MR) is 109 cm³/mol. The lowest BCUT2D eigenvalue weighted by molar-refractivity contribution is 0.0922. The van der Waals surface area contributed by atoms with E-state index in [1.165, 1.54) is 24.6 Å². The maximum absolute atomic E-state index is 13.5. The minimum atomic E-state index is -0.517. The van der Waals surface area contributed by atoms with Crippen LogP contribution in [0.25, 0.3) is 5.65 Å². The van der Waals surface area contributed by atoms with Gasteiger partial charge in [-0.1, -0.05) is 31.4 Å². The molecule has 1 aliphatic rings. The van der Waals surface area contributed by atoms with Crippen LogP contribution in [-0.4, -0.2) is 27.2 Å². The van der Waals surface area contributed by atoms with Crippen molar-refractivity contribution in [1.82, 2.24) is 14.7 Å². The number of hydrogen-bond acceptors (Lipinski definition) is 3. The molecule has 0 atom stereocenters. The zero-order valence-electron chi connectivity index (χ0n) is 16.2. The summed E-state index contributed by atoms with van der Waals surface area (Å²) in [6.07, 6.45) is 7.10. The van der Waals surface area contributed by atoms with Crippen molar-refractivity contribution in [2.45, 2.75) is 45.1 Å². The number of nitrogens with zero attached hydrogens (tertiary/aromatic N) is 2. The lowest BCUT2D eigenvalue weighted by Gasteiger charge is -2.22. The molecule has 0 bridgehead atoms. The van der Waals surface area contributed by atoms with Crippen LogP contribution in [0.2, 0.25) is 0 Å². The molecule has 1 aromatic carbocycles. The summed E-state index contributed by atoms with van der Waals surface area (Å²) in [6, 6.07) is 9.21. The van der Waals surface area contributed by atoms with Gasteiger partial charge in [-0.2, -0.15) is 0 Å². The normalized spacial score (nSPS) is 14.7. The van der Waals surface area contributed by atoms with Gasteiger partial charge >= 0.3 is 0 Å². The van der Waals surface area contributed by atoms with Crippen LogP contribution >= 0.6 is 0 Å². The van der Waals surface area contributed by atoms with Crippen molar-refractivity contribution >= 4 is 23.3 Å². The highest BCUT2D eigenvalue weighted by molar-refractivity contribution is 6.08. The molecule has 0 aliphatic heterocycles. The number of pyridine rings is 1. The molecule has 0 radical (unpaired) electrons. The van der Waals surface area contributed by atoms with E-state index in [0.717, 1.165) is 37.3 Å². The Morgan fingerprint density at radius 2 is 1.90 bits per heavy atom. The number of amides is 2. The Hall–Kier alpha value is -3.22. The second-order valence-electron chi connectivity index (χ2n) is 7.52. The number of rotatable bonds is 4. The van der Waals surface area contributed by atoms with E-state index in [0.29, 0.717) is 5.65 Å². The second kappa shape index (κ2) is 8.03. The molecular weight excluding hydrogens is 371 g/mol. The van der Waals surface area contributed by atoms with Crippen molar-refractivity contribution in [1.29, 1.82) is 0 Å². The standard InChI is InChI=1S/C22H23FN4O2/c1-14-10-11-18-25-20(26-21(28)15-6-5-7-16(23)12-15)19(27(18)13-14)22(29)24-17-8-3-2-4-9-17/h5-7,10-13,17H,2-4,8-9H2,1H3,(H,24,29)(H,26,28). The molecule has 2 amide bonds. The first kappa shape index (κ1) is 19.1. The van der Waals surface area contributed by atoms with Gasteiger partial charge < -0.3 is 10.6 Å². The maximum Gasteiger partial charge on any atom is 0.272 e. The molecule has 7 heteroatoms. The summed E-state index contributed by atoms with van der Waals surface area (Å²) < 4.78 is 15.2. The van der Waals surface area contributed by atoms with Crippen LogP contribution < -0.4 is 10.6 Å². The van der Waals surface area contributed by atoms with Gasteiger partial charge in [0.2, 0.25) is 0 Å². The summed E-state index contributed by atoms with van der Waals surface area (Å²) in [5.74, 6) is -1.13. The van der Waals surface area contributed by atoms with E-state index in [2.05, 4.69) is 15.6 Å².